The number of hydrogen-bond donors (Lipinski definition) is 0. The first-order valence-electron chi connectivity index (χ1n) is 16.7. The summed E-state index contributed by atoms with van der Waals surface area (Å²) >= 11 is 0. The third kappa shape index (κ3) is 4.29. The first kappa shape index (κ1) is 27.5. The first-order valence-corrected chi connectivity index (χ1v) is 16.7. The Bertz CT molecular complexity index is 2770. The van der Waals surface area contributed by atoms with E-state index in [2.05, 4.69) is 191 Å². The fourth-order valence-corrected chi connectivity index (χ4v) is 7.64. The van der Waals surface area contributed by atoms with Crippen molar-refractivity contribution in [2.75, 3.05) is 4.90 Å². The van der Waals surface area contributed by atoms with Gasteiger partial charge in [0.05, 0.1) is 16.7 Å². The maximum Gasteiger partial charge on any atom is 0.159 e. The van der Waals surface area contributed by atoms with Gasteiger partial charge >= 0.3 is 0 Å². The highest BCUT2D eigenvalue weighted by molar-refractivity contribution is 6.24. The fourth-order valence-electron chi connectivity index (χ4n) is 7.64. The molecule has 0 amide bonds. The predicted molar refractivity (Wildman–Crippen MR) is 206 cm³/mol. The third-order valence-electron chi connectivity index (χ3n) is 9.75. The molecule has 3 nitrogen and oxygen atoms in total. The Morgan fingerprint density at radius 2 is 1.02 bits per heavy atom. The van der Waals surface area contributed by atoms with Crippen molar-refractivity contribution in [1.82, 2.24) is 4.57 Å². The number of fused-ring (bicyclic) bond motifs is 8. The molecule has 0 N–H and O–H groups in total. The van der Waals surface area contributed by atoms with Gasteiger partial charge in [-0.1, -0.05) is 115 Å². The third-order valence-corrected chi connectivity index (χ3v) is 9.75. The van der Waals surface area contributed by atoms with E-state index in [4.69, 9.17) is 4.42 Å². The molecule has 0 atom stereocenters. The van der Waals surface area contributed by atoms with Gasteiger partial charge < -0.3 is 13.9 Å². The van der Waals surface area contributed by atoms with Gasteiger partial charge in [-0.2, -0.15) is 0 Å². The molecule has 3 heteroatoms. The Kier molecular flexibility index (Phi) is 6.18. The summed E-state index contributed by atoms with van der Waals surface area (Å²) in [6, 6.07) is 64.7. The lowest BCUT2D eigenvalue weighted by molar-refractivity contribution is 0.669. The summed E-state index contributed by atoms with van der Waals surface area (Å²) in [5, 5.41) is 7.10. The lowest BCUT2D eigenvalue weighted by Gasteiger charge is -2.25. The molecule has 49 heavy (non-hydrogen) atoms. The Balaban J connectivity index is 1.22. The van der Waals surface area contributed by atoms with Crippen molar-refractivity contribution in [3.63, 3.8) is 0 Å². The van der Waals surface area contributed by atoms with Gasteiger partial charge in [0.25, 0.3) is 0 Å². The summed E-state index contributed by atoms with van der Waals surface area (Å²) in [6.07, 6.45) is 0. The zero-order valence-corrected chi connectivity index (χ0v) is 26.6. The molecule has 10 rings (SSSR count). The quantitative estimate of drug-likeness (QED) is 0.190. The van der Waals surface area contributed by atoms with Gasteiger partial charge in [-0.3, -0.25) is 0 Å². The van der Waals surface area contributed by atoms with E-state index in [0.29, 0.717) is 0 Å². The highest BCUT2D eigenvalue weighted by Gasteiger charge is 2.22. The molecule has 0 aliphatic heterocycles. The molecule has 0 spiro atoms. The van der Waals surface area contributed by atoms with E-state index < -0.39 is 0 Å². The van der Waals surface area contributed by atoms with Gasteiger partial charge in [0, 0.05) is 38.6 Å². The number of anilines is 3. The number of hydrogen-bond acceptors (Lipinski definition) is 2. The van der Waals surface area contributed by atoms with Gasteiger partial charge in [-0.05, 0) is 88.6 Å². The molecule has 0 unspecified atom stereocenters. The predicted octanol–water partition coefficient (Wildman–Crippen LogP) is 13.0. The van der Waals surface area contributed by atoms with Crippen LogP contribution < -0.4 is 4.90 Å². The number of aromatic nitrogens is 1. The van der Waals surface area contributed by atoms with E-state index in [1.807, 2.05) is 0 Å². The Morgan fingerprint density at radius 3 is 1.76 bits per heavy atom. The SMILES string of the molecule is c1ccc(N(c2ccccc2)c2cccc3c2oc2cc(-c4ccc5c(c4)c4ccccc4n5-c4ccccc4)c4ccccc4c23)cc1. The second-order valence-electron chi connectivity index (χ2n) is 12.5. The van der Waals surface area contributed by atoms with Crippen molar-refractivity contribution in [1.29, 1.82) is 0 Å². The maximum atomic E-state index is 6.95. The highest BCUT2D eigenvalue weighted by atomic mass is 16.3. The van der Waals surface area contributed by atoms with E-state index in [-0.39, 0.29) is 0 Å². The monoisotopic (exact) mass is 626 g/mol. The highest BCUT2D eigenvalue weighted by Crippen LogP contribution is 2.46. The molecule has 2 aromatic heterocycles. The van der Waals surface area contributed by atoms with Gasteiger partial charge in [-0.25, -0.2) is 0 Å². The minimum atomic E-state index is 0.869. The van der Waals surface area contributed by atoms with Crippen molar-refractivity contribution in [3.8, 4) is 16.8 Å². The molecular weight excluding hydrogens is 597 g/mol. The van der Waals surface area contributed by atoms with E-state index >= 15 is 0 Å². The number of furan rings is 1. The average molecular weight is 627 g/mol. The first-order chi connectivity index (χ1) is 24.3. The van der Waals surface area contributed by atoms with Crippen molar-refractivity contribution in [2.45, 2.75) is 0 Å². The van der Waals surface area contributed by atoms with Crippen LogP contribution in [0.4, 0.5) is 17.1 Å². The van der Waals surface area contributed by atoms with Crippen molar-refractivity contribution >= 4 is 71.6 Å². The Morgan fingerprint density at radius 1 is 0.429 bits per heavy atom. The second kappa shape index (κ2) is 11.0. The van der Waals surface area contributed by atoms with E-state index in [1.165, 1.54) is 32.6 Å². The number of benzene rings is 8. The second-order valence-corrected chi connectivity index (χ2v) is 12.5. The van der Waals surface area contributed by atoms with Crippen LogP contribution in [0.3, 0.4) is 0 Å². The lowest BCUT2D eigenvalue weighted by Crippen LogP contribution is -2.09. The molecule has 0 fully saturated rings. The Hall–Kier alpha value is -6.58. The molecule has 8 aromatic carbocycles. The van der Waals surface area contributed by atoms with E-state index in [9.17, 15) is 0 Å². The van der Waals surface area contributed by atoms with Crippen molar-refractivity contribution < 1.29 is 4.42 Å². The average Bonchev–Trinajstić information content (AvgIpc) is 3.72. The number of rotatable bonds is 5. The van der Waals surface area contributed by atoms with Crippen molar-refractivity contribution in [2.24, 2.45) is 0 Å². The summed E-state index contributed by atoms with van der Waals surface area (Å²) in [4.78, 5) is 2.28. The topological polar surface area (TPSA) is 21.3 Å². The van der Waals surface area contributed by atoms with E-state index in [0.717, 1.165) is 55.8 Å². The molecule has 0 saturated carbocycles. The normalized spacial score (nSPS) is 11.7. The Labute approximate surface area is 283 Å². The van der Waals surface area contributed by atoms with Crippen LogP contribution in [0.1, 0.15) is 0 Å². The molecule has 0 aliphatic carbocycles. The van der Waals surface area contributed by atoms with Crippen LogP contribution >= 0.6 is 0 Å². The minimum Gasteiger partial charge on any atom is -0.454 e. The molecular formula is C46H30N2O. The van der Waals surface area contributed by atoms with Crippen LogP contribution in [0.25, 0.3) is 71.3 Å². The molecule has 2 heterocycles. The zero-order valence-electron chi connectivity index (χ0n) is 26.6. The van der Waals surface area contributed by atoms with Gasteiger partial charge in [0.15, 0.2) is 5.58 Å². The molecule has 230 valence electrons. The maximum absolute atomic E-state index is 6.95. The van der Waals surface area contributed by atoms with Crippen LogP contribution in [-0.4, -0.2) is 4.57 Å². The molecule has 10 aromatic rings. The van der Waals surface area contributed by atoms with Gasteiger partial charge in [-0.15, -0.1) is 0 Å². The van der Waals surface area contributed by atoms with Crippen LogP contribution in [0.15, 0.2) is 186 Å². The fraction of sp³-hybridized carbons (Fsp3) is 0. The molecule has 0 bridgehead atoms. The van der Waals surface area contributed by atoms with Crippen LogP contribution in [0.2, 0.25) is 0 Å². The lowest BCUT2D eigenvalue weighted by atomic mass is 9.94. The van der Waals surface area contributed by atoms with Crippen LogP contribution in [0.5, 0.6) is 0 Å². The van der Waals surface area contributed by atoms with Crippen LogP contribution in [-0.2, 0) is 0 Å². The number of para-hydroxylation sites is 5. The summed E-state index contributed by atoms with van der Waals surface area (Å²) in [6.45, 7) is 0. The summed E-state index contributed by atoms with van der Waals surface area (Å²) in [5.74, 6) is 0. The molecule has 0 radical (unpaired) electrons. The van der Waals surface area contributed by atoms with Crippen LogP contribution in [0, 0.1) is 0 Å². The van der Waals surface area contributed by atoms with E-state index in [1.54, 1.807) is 0 Å². The summed E-state index contributed by atoms with van der Waals surface area (Å²) in [5.41, 5.74) is 10.8. The standard InChI is InChI=1S/C46H30N2O/c1-4-15-32(16-5-1)47(33-17-6-2-7-18-33)43-26-14-24-38-45-37-23-11-10-21-35(37)39(30-44(45)49-46(38)43)31-27-28-42-40(29-31)36-22-12-13-25-41(36)48(42)34-19-8-3-9-20-34/h1-30H. The molecule has 0 saturated heterocycles. The number of nitrogens with zero attached hydrogens (tertiary/aromatic N) is 2. The van der Waals surface area contributed by atoms with Crippen molar-refractivity contribution in [3.05, 3.63) is 182 Å². The van der Waals surface area contributed by atoms with Gasteiger partial charge in [0.2, 0.25) is 0 Å². The molecule has 0 aliphatic rings. The summed E-state index contributed by atoms with van der Waals surface area (Å²) in [7, 11) is 0. The largest absolute Gasteiger partial charge is 0.454 e. The summed E-state index contributed by atoms with van der Waals surface area (Å²) < 4.78 is 9.31. The zero-order chi connectivity index (χ0) is 32.3. The van der Waals surface area contributed by atoms with Gasteiger partial charge in [0.1, 0.15) is 5.58 Å². The smallest absolute Gasteiger partial charge is 0.159 e. The minimum absolute atomic E-state index is 0.869.